The van der Waals surface area contributed by atoms with Crippen molar-refractivity contribution in [2.45, 2.75) is 18.0 Å². The van der Waals surface area contributed by atoms with Crippen molar-refractivity contribution >= 4 is 15.8 Å². The number of hydrogen-bond acceptors (Lipinski definition) is 4. The molecule has 140 valence electrons. The zero-order valence-corrected chi connectivity index (χ0v) is 14.9. The van der Waals surface area contributed by atoms with Crippen molar-refractivity contribution in [1.82, 2.24) is 9.29 Å². The van der Waals surface area contributed by atoms with Crippen LogP contribution in [0.2, 0.25) is 0 Å². The third-order valence-electron chi connectivity index (χ3n) is 4.26. The number of nitrogens with zero attached hydrogens (tertiary/aromatic N) is 3. The largest absolute Gasteiger partial charge is 0.416 e. The van der Waals surface area contributed by atoms with Gasteiger partial charge in [-0.2, -0.15) is 17.5 Å². The van der Waals surface area contributed by atoms with Crippen LogP contribution in [0.3, 0.4) is 0 Å². The van der Waals surface area contributed by atoms with E-state index < -0.39 is 21.8 Å². The van der Waals surface area contributed by atoms with Crippen molar-refractivity contribution < 1.29 is 21.6 Å². The second-order valence-corrected chi connectivity index (χ2v) is 7.99. The van der Waals surface area contributed by atoms with Gasteiger partial charge in [0.1, 0.15) is 5.82 Å². The first-order valence-electron chi connectivity index (χ1n) is 8.04. The fraction of sp³-hybridized carbons (Fsp3) is 0.353. The quantitative estimate of drug-likeness (QED) is 0.815. The molecule has 0 radical (unpaired) electrons. The van der Waals surface area contributed by atoms with Crippen molar-refractivity contribution in [1.29, 1.82) is 0 Å². The van der Waals surface area contributed by atoms with Crippen molar-refractivity contribution in [2.75, 3.05) is 31.1 Å². The molecular weight excluding hydrogens is 367 g/mol. The molecule has 26 heavy (non-hydrogen) atoms. The summed E-state index contributed by atoms with van der Waals surface area (Å²) in [5.41, 5.74) is 0.00842. The number of pyridine rings is 1. The Kier molecular flexibility index (Phi) is 4.94. The lowest BCUT2D eigenvalue weighted by Crippen LogP contribution is -2.48. The molecule has 1 aromatic heterocycles. The van der Waals surface area contributed by atoms with E-state index in [0.29, 0.717) is 13.1 Å². The fourth-order valence-corrected chi connectivity index (χ4v) is 4.25. The average molecular weight is 385 g/mol. The monoisotopic (exact) mass is 385 g/mol. The molecule has 3 rings (SSSR count). The smallest absolute Gasteiger partial charge is 0.354 e. The van der Waals surface area contributed by atoms with Crippen molar-refractivity contribution in [3.8, 4) is 0 Å². The maximum absolute atomic E-state index is 12.7. The summed E-state index contributed by atoms with van der Waals surface area (Å²) in [4.78, 5) is 6.29. The highest BCUT2D eigenvalue weighted by molar-refractivity contribution is 7.89. The maximum atomic E-state index is 12.7. The number of hydrogen-bond donors (Lipinski definition) is 0. The molecule has 0 N–H and O–H groups in total. The number of piperazine rings is 1. The van der Waals surface area contributed by atoms with Gasteiger partial charge in [0.2, 0.25) is 10.0 Å². The number of benzene rings is 1. The van der Waals surface area contributed by atoms with Crippen LogP contribution < -0.4 is 4.90 Å². The minimum atomic E-state index is -4.49. The normalized spacial score (nSPS) is 16.7. The minimum absolute atomic E-state index is 0.132. The predicted molar refractivity (Wildman–Crippen MR) is 91.4 cm³/mol. The van der Waals surface area contributed by atoms with Gasteiger partial charge in [-0.05, 0) is 43.3 Å². The summed E-state index contributed by atoms with van der Waals surface area (Å²) in [7, 11) is -3.82. The first-order chi connectivity index (χ1) is 12.2. The van der Waals surface area contributed by atoms with E-state index >= 15 is 0 Å². The molecule has 0 aliphatic carbocycles. The van der Waals surface area contributed by atoms with Gasteiger partial charge in [-0.3, -0.25) is 0 Å². The van der Waals surface area contributed by atoms with Crippen molar-refractivity contribution in [2.24, 2.45) is 0 Å². The van der Waals surface area contributed by atoms with Gasteiger partial charge in [-0.1, -0.05) is 6.07 Å². The molecule has 0 spiro atoms. The Hall–Kier alpha value is -2.13. The summed E-state index contributed by atoms with van der Waals surface area (Å²) < 4.78 is 64.5. The van der Waals surface area contributed by atoms with E-state index in [1.807, 2.05) is 30.0 Å². The molecule has 1 aliphatic rings. The molecule has 0 bridgehead atoms. The Morgan fingerprint density at radius 1 is 0.962 bits per heavy atom. The highest BCUT2D eigenvalue weighted by atomic mass is 32.2. The molecule has 2 heterocycles. The molecule has 0 amide bonds. The topological polar surface area (TPSA) is 53.5 Å². The van der Waals surface area contributed by atoms with Crippen LogP contribution in [0.1, 0.15) is 11.3 Å². The van der Waals surface area contributed by atoms with Crippen LogP contribution in [0.5, 0.6) is 0 Å². The number of rotatable bonds is 3. The van der Waals surface area contributed by atoms with Crippen LogP contribution in [0, 0.1) is 6.92 Å². The summed E-state index contributed by atoms with van der Waals surface area (Å²) in [6, 6.07) is 9.24. The van der Waals surface area contributed by atoms with E-state index in [1.54, 1.807) is 0 Å². The van der Waals surface area contributed by atoms with Gasteiger partial charge in [0.05, 0.1) is 10.5 Å². The van der Waals surface area contributed by atoms with Crippen LogP contribution >= 0.6 is 0 Å². The maximum Gasteiger partial charge on any atom is 0.416 e. The Balaban J connectivity index is 1.72. The van der Waals surface area contributed by atoms with Crippen LogP contribution in [-0.4, -0.2) is 43.9 Å². The minimum Gasteiger partial charge on any atom is -0.354 e. The van der Waals surface area contributed by atoms with Gasteiger partial charge in [0.15, 0.2) is 0 Å². The standard InChI is InChI=1S/C17H18F3N3O2S/c1-13-3-2-4-16(21-13)22-9-11-23(12-10-22)26(24,25)15-7-5-14(6-8-15)17(18,19)20/h2-8H,9-12H2,1H3. The summed E-state index contributed by atoms with van der Waals surface area (Å²) in [6.45, 7) is 3.32. The molecule has 9 heteroatoms. The summed E-state index contributed by atoms with van der Waals surface area (Å²) in [5.74, 6) is 0.788. The van der Waals surface area contributed by atoms with Crippen LogP contribution in [-0.2, 0) is 16.2 Å². The molecule has 1 aromatic carbocycles. The van der Waals surface area contributed by atoms with E-state index in [-0.39, 0.29) is 18.0 Å². The molecule has 1 saturated heterocycles. The number of halogens is 3. The fourth-order valence-electron chi connectivity index (χ4n) is 2.83. The Morgan fingerprint density at radius 3 is 2.12 bits per heavy atom. The zero-order valence-electron chi connectivity index (χ0n) is 14.1. The van der Waals surface area contributed by atoms with E-state index in [4.69, 9.17) is 0 Å². The summed E-state index contributed by atoms with van der Waals surface area (Å²) in [5, 5.41) is 0. The number of anilines is 1. The van der Waals surface area contributed by atoms with E-state index in [9.17, 15) is 21.6 Å². The van der Waals surface area contributed by atoms with Crippen LogP contribution in [0.15, 0.2) is 47.4 Å². The van der Waals surface area contributed by atoms with Crippen molar-refractivity contribution in [3.05, 3.63) is 53.7 Å². The SMILES string of the molecule is Cc1cccc(N2CCN(S(=O)(=O)c3ccc(C(F)(F)F)cc3)CC2)n1. The van der Waals surface area contributed by atoms with E-state index in [1.165, 1.54) is 4.31 Å². The predicted octanol–water partition coefficient (Wildman–Crippen LogP) is 2.92. The number of aromatic nitrogens is 1. The molecular formula is C17H18F3N3O2S. The highest BCUT2D eigenvalue weighted by Crippen LogP contribution is 2.30. The van der Waals surface area contributed by atoms with Crippen LogP contribution in [0.4, 0.5) is 19.0 Å². The van der Waals surface area contributed by atoms with Crippen molar-refractivity contribution in [3.63, 3.8) is 0 Å². The number of sulfonamides is 1. The van der Waals surface area contributed by atoms with Gasteiger partial charge >= 0.3 is 6.18 Å². The molecule has 2 aromatic rings. The second-order valence-electron chi connectivity index (χ2n) is 6.05. The molecule has 1 fully saturated rings. The lowest BCUT2D eigenvalue weighted by atomic mass is 10.2. The first kappa shape index (κ1) is 18.7. The van der Waals surface area contributed by atoms with Gasteiger partial charge in [0, 0.05) is 31.9 Å². The third kappa shape index (κ3) is 3.83. The molecule has 1 aliphatic heterocycles. The zero-order chi connectivity index (χ0) is 18.9. The number of aryl methyl sites for hydroxylation is 1. The Bertz CT molecular complexity index is 875. The third-order valence-corrected chi connectivity index (χ3v) is 6.17. The lowest BCUT2D eigenvalue weighted by molar-refractivity contribution is -0.137. The summed E-state index contributed by atoms with van der Waals surface area (Å²) >= 11 is 0. The molecule has 0 saturated carbocycles. The summed E-state index contributed by atoms with van der Waals surface area (Å²) in [6.07, 6.45) is -4.49. The lowest BCUT2D eigenvalue weighted by Gasteiger charge is -2.34. The molecule has 0 unspecified atom stereocenters. The van der Waals surface area contributed by atoms with Gasteiger partial charge < -0.3 is 4.90 Å². The molecule has 5 nitrogen and oxygen atoms in total. The van der Waals surface area contributed by atoms with Gasteiger partial charge in [0.25, 0.3) is 0 Å². The van der Waals surface area contributed by atoms with Gasteiger partial charge in [-0.15, -0.1) is 0 Å². The average Bonchev–Trinajstić information content (AvgIpc) is 2.61. The Morgan fingerprint density at radius 2 is 1.58 bits per heavy atom. The van der Waals surface area contributed by atoms with E-state index in [0.717, 1.165) is 35.8 Å². The highest BCUT2D eigenvalue weighted by Gasteiger charge is 2.32. The Labute approximate surface area is 150 Å². The first-order valence-corrected chi connectivity index (χ1v) is 9.48. The molecule has 0 atom stereocenters. The number of alkyl halides is 3. The van der Waals surface area contributed by atoms with Gasteiger partial charge in [-0.25, -0.2) is 13.4 Å². The second kappa shape index (κ2) is 6.88. The van der Waals surface area contributed by atoms with E-state index in [2.05, 4.69) is 4.98 Å². The van der Waals surface area contributed by atoms with Crippen LogP contribution in [0.25, 0.3) is 0 Å².